The van der Waals surface area contributed by atoms with Gasteiger partial charge in [0.2, 0.25) is 11.8 Å². The van der Waals surface area contributed by atoms with Crippen molar-refractivity contribution in [3.05, 3.63) is 29.3 Å². The molecule has 1 aromatic rings. The minimum Gasteiger partial charge on any atom is -0.351 e. The molecular weight excluding hydrogens is 320 g/mol. The molecule has 0 unspecified atom stereocenters. The summed E-state index contributed by atoms with van der Waals surface area (Å²) in [5, 5.41) is 6.00. The highest BCUT2D eigenvalue weighted by molar-refractivity contribution is 7.99. The summed E-state index contributed by atoms with van der Waals surface area (Å²) in [6.07, 6.45) is 2.15. The molecule has 5 heteroatoms. The van der Waals surface area contributed by atoms with Gasteiger partial charge < -0.3 is 10.6 Å². The molecule has 134 valence electrons. The second kappa shape index (κ2) is 9.72. The van der Waals surface area contributed by atoms with Crippen LogP contribution in [0.2, 0.25) is 0 Å². The molecule has 0 radical (unpaired) electrons. The van der Waals surface area contributed by atoms with Crippen LogP contribution in [0, 0.1) is 13.8 Å². The summed E-state index contributed by atoms with van der Waals surface area (Å²) < 4.78 is 0. The zero-order valence-electron chi connectivity index (χ0n) is 15.5. The predicted molar refractivity (Wildman–Crippen MR) is 104 cm³/mol. The van der Waals surface area contributed by atoms with Crippen molar-refractivity contribution in [3.8, 4) is 0 Å². The first-order chi connectivity index (χ1) is 11.2. The SMILES string of the molecule is CCC(C)(C)NC(=O)CSCCCC(=O)Nc1c(C)cccc1C. The molecule has 0 spiro atoms. The molecule has 0 aliphatic rings. The number of aryl methyl sites for hydroxylation is 2. The lowest BCUT2D eigenvalue weighted by Crippen LogP contribution is -2.43. The number of nitrogens with one attached hydrogen (secondary N) is 2. The average molecular weight is 351 g/mol. The van der Waals surface area contributed by atoms with Gasteiger partial charge in [0.25, 0.3) is 0 Å². The Hall–Kier alpha value is -1.49. The summed E-state index contributed by atoms with van der Waals surface area (Å²) >= 11 is 1.58. The first-order valence-electron chi connectivity index (χ1n) is 8.50. The molecule has 2 N–H and O–H groups in total. The molecule has 1 rings (SSSR count). The molecule has 24 heavy (non-hydrogen) atoms. The maximum atomic E-state index is 12.0. The molecule has 0 bridgehead atoms. The second-order valence-corrected chi connectivity index (χ2v) is 7.86. The van der Waals surface area contributed by atoms with Gasteiger partial charge in [-0.15, -0.1) is 0 Å². The smallest absolute Gasteiger partial charge is 0.230 e. The Morgan fingerprint density at radius 2 is 1.75 bits per heavy atom. The van der Waals surface area contributed by atoms with E-state index in [9.17, 15) is 9.59 Å². The van der Waals surface area contributed by atoms with Crippen molar-refractivity contribution in [1.29, 1.82) is 0 Å². The fourth-order valence-electron chi connectivity index (χ4n) is 2.22. The van der Waals surface area contributed by atoms with Crippen molar-refractivity contribution in [1.82, 2.24) is 5.32 Å². The van der Waals surface area contributed by atoms with Gasteiger partial charge in [0.15, 0.2) is 0 Å². The van der Waals surface area contributed by atoms with Crippen LogP contribution in [0.15, 0.2) is 18.2 Å². The fraction of sp³-hybridized carbons (Fsp3) is 0.579. The largest absolute Gasteiger partial charge is 0.351 e. The predicted octanol–water partition coefficient (Wildman–Crippen LogP) is 4.06. The third-order valence-corrected chi connectivity index (χ3v) is 5.08. The van der Waals surface area contributed by atoms with Gasteiger partial charge in [-0.3, -0.25) is 9.59 Å². The Morgan fingerprint density at radius 3 is 2.33 bits per heavy atom. The van der Waals surface area contributed by atoms with Gasteiger partial charge >= 0.3 is 0 Å². The van der Waals surface area contributed by atoms with Gasteiger partial charge in [0.05, 0.1) is 5.75 Å². The first-order valence-corrected chi connectivity index (χ1v) is 9.65. The topological polar surface area (TPSA) is 58.2 Å². The van der Waals surface area contributed by atoms with Crippen LogP contribution in [0.5, 0.6) is 0 Å². The number of carbonyl (C=O) groups excluding carboxylic acids is 2. The summed E-state index contributed by atoms with van der Waals surface area (Å²) in [4.78, 5) is 23.9. The van der Waals surface area contributed by atoms with E-state index in [0.717, 1.165) is 35.4 Å². The zero-order valence-corrected chi connectivity index (χ0v) is 16.3. The Labute approximate surface area is 150 Å². The molecular formula is C19H30N2O2S. The van der Waals surface area contributed by atoms with Gasteiger partial charge in [-0.25, -0.2) is 0 Å². The lowest BCUT2D eigenvalue weighted by atomic mass is 10.0. The Balaban J connectivity index is 2.24. The molecule has 0 saturated carbocycles. The zero-order chi connectivity index (χ0) is 18.2. The molecule has 0 heterocycles. The first kappa shape index (κ1) is 20.6. The van der Waals surface area contributed by atoms with Crippen LogP contribution in [-0.2, 0) is 9.59 Å². The number of hydrogen-bond acceptors (Lipinski definition) is 3. The fourth-order valence-corrected chi connectivity index (χ4v) is 2.97. The van der Waals surface area contributed by atoms with Crippen molar-refractivity contribution in [2.24, 2.45) is 0 Å². The molecule has 0 aliphatic carbocycles. The number of para-hydroxylation sites is 1. The van der Waals surface area contributed by atoms with Crippen LogP contribution in [0.25, 0.3) is 0 Å². The standard InChI is InChI=1S/C19H30N2O2S/c1-6-19(4,5)21-17(23)13-24-12-8-11-16(22)20-18-14(2)9-7-10-15(18)3/h7,9-10H,6,8,11-13H2,1-5H3,(H,20,22)(H,21,23). The molecule has 4 nitrogen and oxygen atoms in total. The second-order valence-electron chi connectivity index (χ2n) is 6.76. The van der Waals surface area contributed by atoms with E-state index in [1.165, 1.54) is 0 Å². The van der Waals surface area contributed by atoms with Crippen LogP contribution in [0.4, 0.5) is 5.69 Å². The number of benzene rings is 1. The molecule has 0 fully saturated rings. The van der Waals surface area contributed by atoms with Crippen LogP contribution in [0.1, 0.15) is 51.2 Å². The van der Waals surface area contributed by atoms with E-state index in [0.29, 0.717) is 12.2 Å². The number of thioether (sulfide) groups is 1. The summed E-state index contributed by atoms with van der Waals surface area (Å²) in [7, 11) is 0. The van der Waals surface area contributed by atoms with Crippen LogP contribution in [-0.4, -0.2) is 28.9 Å². The molecule has 0 aromatic heterocycles. The third-order valence-electron chi connectivity index (χ3n) is 4.03. The van der Waals surface area contributed by atoms with Crippen LogP contribution < -0.4 is 10.6 Å². The van der Waals surface area contributed by atoms with Gasteiger partial charge in [0.1, 0.15) is 0 Å². The lowest BCUT2D eigenvalue weighted by molar-refractivity contribution is -0.120. The molecule has 1 aromatic carbocycles. The van der Waals surface area contributed by atoms with E-state index in [4.69, 9.17) is 0 Å². The van der Waals surface area contributed by atoms with Crippen LogP contribution in [0.3, 0.4) is 0 Å². The van der Waals surface area contributed by atoms with E-state index < -0.39 is 0 Å². The van der Waals surface area contributed by atoms with Gasteiger partial charge in [-0.2, -0.15) is 11.8 Å². The lowest BCUT2D eigenvalue weighted by Gasteiger charge is -2.24. The monoisotopic (exact) mass is 350 g/mol. The van der Waals surface area contributed by atoms with E-state index in [-0.39, 0.29) is 17.4 Å². The number of carbonyl (C=O) groups is 2. The van der Waals surface area contributed by atoms with Gasteiger partial charge in [-0.05, 0) is 57.4 Å². The number of rotatable bonds is 9. The van der Waals surface area contributed by atoms with Crippen LogP contribution >= 0.6 is 11.8 Å². The highest BCUT2D eigenvalue weighted by Gasteiger charge is 2.17. The highest BCUT2D eigenvalue weighted by atomic mass is 32.2. The maximum absolute atomic E-state index is 12.0. The third kappa shape index (κ3) is 7.39. The van der Waals surface area contributed by atoms with Gasteiger partial charge in [-0.1, -0.05) is 25.1 Å². The summed E-state index contributed by atoms with van der Waals surface area (Å²) in [5.74, 6) is 1.35. The van der Waals surface area contributed by atoms with Gasteiger partial charge in [0, 0.05) is 17.6 Å². The minimum atomic E-state index is -0.150. The summed E-state index contributed by atoms with van der Waals surface area (Å²) in [6.45, 7) is 10.1. The quantitative estimate of drug-likeness (QED) is 0.660. The summed E-state index contributed by atoms with van der Waals surface area (Å²) in [6, 6.07) is 5.98. The molecule has 0 atom stereocenters. The number of amides is 2. The van der Waals surface area contributed by atoms with E-state index in [1.54, 1.807) is 11.8 Å². The normalized spacial score (nSPS) is 11.2. The van der Waals surface area contributed by atoms with E-state index in [1.807, 2.05) is 45.9 Å². The molecule has 2 amide bonds. The van der Waals surface area contributed by atoms with E-state index >= 15 is 0 Å². The summed E-state index contributed by atoms with van der Waals surface area (Å²) in [5.41, 5.74) is 2.92. The maximum Gasteiger partial charge on any atom is 0.230 e. The number of hydrogen-bond donors (Lipinski definition) is 2. The Kier molecular flexibility index (Phi) is 8.32. The van der Waals surface area contributed by atoms with Crippen molar-refractivity contribution < 1.29 is 9.59 Å². The molecule has 0 aliphatic heterocycles. The van der Waals surface area contributed by atoms with Crippen molar-refractivity contribution in [2.75, 3.05) is 16.8 Å². The van der Waals surface area contributed by atoms with Crippen molar-refractivity contribution in [3.63, 3.8) is 0 Å². The van der Waals surface area contributed by atoms with Crippen molar-refractivity contribution >= 4 is 29.3 Å². The Morgan fingerprint density at radius 1 is 1.12 bits per heavy atom. The van der Waals surface area contributed by atoms with Crippen molar-refractivity contribution in [2.45, 2.75) is 59.4 Å². The van der Waals surface area contributed by atoms with E-state index in [2.05, 4.69) is 17.6 Å². The number of anilines is 1. The highest BCUT2D eigenvalue weighted by Crippen LogP contribution is 2.19. The minimum absolute atomic E-state index is 0.0320. The Bertz CT molecular complexity index is 550. The molecule has 0 saturated heterocycles. The average Bonchev–Trinajstić information content (AvgIpc) is 2.50.